The van der Waals surface area contributed by atoms with Gasteiger partial charge in [0.1, 0.15) is 5.75 Å². The molecule has 0 saturated carbocycles. The van der Waals surface area contributed by atoms with Crippen molar-refractivity contribution in [2.45, 2.75) is 6.23 Å². The van der Waals surface area contributed by atoms with Gasteiger partial charge in [0, 0.05) is 44.3 Å². The van der Waals surface area contributed by atoms with Crippen molar-refractivity contribution in [2.24, 2.45) is 0 Å². The van der Waals surface area contributed by atoms with Crippen LogP contribution in [0.2, 0.25) is 0 Å². The molecule has 0 saturated heterocycles. The van der Waals surface area contributed by atoms with E-state index in [-0.39, 0.29) is 6.23 Å². The minimum atomic E-state index is -0.217. The van der Waals surface area contributed by atoms with Crippen LogP contribution in [0, 0.1) is 0 Å². The first-order chi connectivity index (χ1) is 25.3. The smallest absolute Gasteiger partial charge is 0.196 e. The fourth-order valence-electron chi connectivity index (χ4n) is 7.66. The second-order valence-corrected chi connectivity index (χ2v) is 13.0. The van der Waals surface area contributed by atoms with Crippen LogP contribution >= 0.6 is 0 Å². The largest absolute Gasteiger partial charge is 0.464 e. The topological polar surface area (TPSA) is 29.4 Å². The third-order valence-corrected chi connectivity index (χ3v) is 10.0. The summed E-state index contributed by atoms with van der Waals surface area (Å²) in [5.74, 6) is 0.871. The summed E-state index contributed by atoms with van der Waals surface area (Å²) in [7, 11) is 0. The number of anilines is 4. The van der Waals surface area contributed by atoms with Gasteiger partial charge in [-0.2, -0.15) is 0 Å². The van der Waals surface area contributed by atoms with E-state index in [1.165, 1.54) is 32.9 Å². The SMILES string of the molecule is c1ccc(-c2ccccc2N(c2ccc3c4c(ccc3c2)OC(c2ccccc2)N4)c2ccc3c(c2)c2ccccc2n3-c2ccccc2)cc1. The molecule has 1 unspecified atom stereocenters. The Morgan fingerprint density at radius 2 is 1.18 bits per heavy atom. The average molecular weight is 656 g/mol. The molecule has 4 nitrogen and oxygen atoms in total. The molecule has 1 atom stereocenters. The molecule has 10 rings (SSSR count). The summed E-state index contributed by atoms with van der Waals surface area (Å²) in [6.45, 7) is 0. The number of hydrogen-bond acceptors (Lipinski definition) is 3. The van der Waals surface area contributed by atoms with Crippen molar-refractivity contribution >= 4 is 55.3 Å². The molecule has 0 spiro atoms. The van der Waals surface area contributed by atoms with Crippen LogP contribution < -0.4 is 15.0 Å². The Balaban J connectivity index is 1.16. The summed E-state index contributed by atoms with van der Waals surface area (Å²) in [5, 5.41) is 8.36. The quantitative estimate of drug-likeness (QED) is 0.193. The van der Waals surface area contributed by atoms with Gasteiger partial charge in [-0.1, -0.05) is 127 Å². The van der Waals surface area contributed by atoms with Gasteiger partial charge in [0.2, 0.25) is 0 Å². The Morgan fingerprint density at radius 3 is 2.02 bits per heavy atom. The highest BCUT2D eigenvalue weighted by Gasteiger charge is 2.26. The number of benzene rings is 8. The van der Waals surface area contributed by atoms with E-state index in [1.54, 1.807) is 0 Å². The molecular weight excluding hydrogens is 623 g/mol. The molecule has 8 aromatic carbocycles. The van der Waals surface area contributed by atoms with Crippen LogP contribution in [0.1, 0.15) is 11.8 Å². The van der Waals surface area contributed by atoms with Crippen LogP contribution in [0.4, 0.5) is 22.7 Å². The second kappa shape index (κ2) is 12.0. The Bertz CT molecular complexity index is 2700. The van der Waals surface area contributed by atoms with Crippen LogP contribution in [-0.2, 0) is 0 Å². The zero-order chi connectivity index (χ0) is 33.7. The van der Waals surface area contributed by atoms with E-state index in [2.05, 4.69) is 185 Å². The van der Waals surface area contributed by atoms with Gasteiger partial charge in [-0.15, -0.1) is 0 Å². The number of ether oxygens (including phenoxy) is 1. The zero-order valence-corrected chi connectivity index (χ0v) is 27.8. The molecule has 9 aromatic rings. The summed E-state index contributed by atoms with van der Waals surface area (Å²) >= 11 is 0. The first kappa shape index (κ1) is 29.2. The van der Waals surface area contributed by atoms with Crippen LogP contribution in [0.3, 0.4) is 0 Å². The van der Waals surface area contributed by atoms with E-state index >= 15 is 0 Å². The first-order valence-corrected chi connectivity index (χ1v) is 17.4. The van der Waals surface area contributed by atoms with Gasteiger partial charge < -0.3 is 19.5 Å². The van der Waals surface area contributed by atoms with E-state index in [4.69, 9.17) is 4.74 Å². The van der Waals surface area contributed by atoms with E-state index in [9.17, 15) is 0 Å². The molecule has 0 radical (unpaired) electrons. The highest BCUT2D eigenvalue weighted by molar-refractivity contribution is 6.11. The zero-order valence-electron chi connectivity index (χ0n) is 27.8. The van der Waals surface area contributed by atoms with Gasteiger partial charge in [-0.3, -0.25) is 0 Å². The van der Waals surface area contributed by atoms with E-state index in [0.29, 0.717) is 0 Å². The van der Waals surface area contributed by atoms with Crippen molar-refractivity contribution < 1.29 is 4.74 Å². The van der Waals surface area contributed by atoms with Crippen molar-refractivity contribution in [1.29, 1.82) is 0 Å². The molecular formula is C47H33N3O. The minimum Gasteiger partial charge on any atom is -0.464 e. The first-order valence-electron chi connectivity index (χ1n) is 17.4. The normalized spacial score (nSPS) is 13.6. The monoisotopic (exact) mass is 655 g/mol. The third-order valence-electron chi connectivity index (χ3n) is 10.0. The minimum absolute atomic E-state index is 0.217. The summed E-state index contributed by atoms with van der Waals surface area (Å²) in [6, 6.07) is 66.9. The third kappa shape index (κ3) is 4.92. The second-order valence-electron chi connectivity index (χ2n) is 13.0. The Labute approximate surface area is 296 Å². The molecule has 0 bridgehead atoms. The fraction of sp³-hybridized carbons (Fsp3) is 0.0213. The number of para-hydroxylation sites is 3. The highest BCUT2D eigenvalue weighted by Crippen LogP contribution is 2.47. The van der Waals surface area contributed by atoms with Crippen molar-refractivity contribution in [3.8, 4) is 22.6 Å². The molecule has 1 aliphatic rings. The van der Waals surface area contributed by atoms with Crippen LogP contribution in [0.25, 0.3) is 49.4 Å². The van der Waals surface area contributed by atoms with Gasteiger partial charge in [-0.05, 0) is 71.6 Å². The molecule has 1 N–H and O–H groups in total. The molecule has 242 valence electrons. The number of aromatic nitrogens is 1. The molecule has 1 aromatic heterocycles. The number of nitrogens with zero attached hydrogens (tertiary/aromatic N) is 2. The maximum atomic E-state index is 6.37. The average Bonchev–Trinajstić information content (AvgIpc) is 3.79. The standard InChI is InChI=1S/C47H33N3O/c1-4-14-32(15-5-1)38-20-10-12-22-42(38)49(36-25-27-39-34(30-36)24-29-45-46(39)48-47(51-45)33-16-6-2-7-17-33)37-26-28-44-41(31-37)40-21-11-13-23-43(40)50(44)35-18-8-3-9-19-35/h1-31,47-48H. The van der Waals surface area contributed by atoms with Gasteiger partial charge >= 0.3 is 0 Å². The summed E-state index contributed by atoms with van der Waals surface area (Å²) in [5.41, 5.74) is 11.3. The maximum absolute atomic E-state index is 6.37. The van der Waals surface area contributed by atoms with E-state index in [0.717, 1.165) is 50.5 Å². The summed E-state index contributed by atoms with van der Waals surface area (Å²) in [6.07, 6.45) is -0.217. The lowest BCUT2D eigenvalue weighted by atomic mass is 10.0. The fourth-order valence-corrected chi connectivity index (χ4v) is 7.66. The highest BCUT2D eigenvalue weighted by atomic mass is 16.5. The molecule has 0 fully saturated rings. The molecule has 4 heteroatoms. The van der Waals surface area contributed by atoms with Crippen molar-refractivity contribution in [3.05, 3.63) is 194 Å². The van der Waals surface area contributed by atoms with Crippen LogP contribution in [0.15, 0.2) is 188 Å². The number of hydrogen-bond donors (Lipinski definition) is 1. The van der Waals surface area contributed by atoms with Crippen molar-refractivity contribution in [3.63, 3.8) is 0 Å². The van der Waals surface area contributed by atoms with E-state index < -0.39 is 0 Å². The van der Waals surface area contributed by atoms with Gasteiger partial charge in [-0.25, -0.2) is 0 Å². The number of rotatable bonds is 6. The Hall–Kier alpha value is -6.78. The van der Waals surface area contributed by atoms with Crippen LogP contribution in [0.5, 0.6) is 5.75 Å². The van der Waals surface area contributed by atoms with Crippen molar-refractivity contribution in [1.82, 2.24) is 4.57 Å². The van der Waals surface area contributed by atoms with Crippen LogP contribution in [-0.4, -0.2) is 4.57 Å². The lowest BCUT2D eigenvalue weighted by Crippen LogP contribution is -2.11. The lowest BCUT2D eigenvalue weighted by Gasteiger charge is -2.28. The molecule has 0 amide bonds. The number of nitrogens with one attached hydrogen (secondary N) is 1. The Morgan fingerprint density at radius 1 is 0.510 bits per heavy atom. The number of fused-ring (bicyclic) bond motifs is 6. The predicted octanol–water partition coefficient (Wildman–Crippen LogP) is 12.6. The van der Waals surface area contributed by atoms with Gasteiger partial charge in [0.15, 0.2) is 6.23 Å². The van der Waals surface area contributed by atoms with Gasteiger partial charge in [0.05, 0.1) is 22.4 Å². The molecule has 0 aliphatic carbocycles. The molecule has 2 heterocycles. The van der Waals surface area contributed by atoms with Gasteiger partial charge in [0.25, 0.3) is 0 Å². The lowest BCUT2D eigenvalue weighted by molar-refractivity contribution is 0.260. The Kier molecular flexibility index (Phi) is 6.85. The maximum Gasteiger partial charge on any atom is 0.196 e. The predicted molar refractivity (Wildman–Crippen MR) is 212 cm³/mol. The van der Waals surface area contributed by atoms with Crippen molar-refractivity contribution in [2.75, 3.05) is 10.2 Å². The summed E-state index contributed by atoms with van der Waals surface area (Å²) < 4.78 is 8.73. The molecule has 51 heavy (non-hydrogen) atoms. The summed E-state index contributed by atoms with van der Waals surface area (Å²) in [4.78, 5) is 2.40. The van der Waals surface area contributed by atoms with E-state index in [1.807, 2.05) is 18.2 Å². The molecule has 1 aliphatic heterocycles.